The summed E-state index contributed by atoms with van der Waals surface area (Å²) in [4.78, 5) is 29.4. The molecule has 0 atom stereocenters. The van der Waals surface area contributed by atoms with Crippen LogP contribution in [0.1, 0.15) is 23.2 Å². The highest BCUT2D eigenvalue weighted by Crippen LogP contribution is 1.99. The summed E-state index contributed by atoms with van der Waals surface area (Å²) in [7, 11) is 0. The molecule has 0 aliphatic carbocycles. The number of esters is 1. The third-order valence-corrected chi connectivity index (χ3v) is 3.57. The second-order valence-corrected chi connectivity index (χ2v) is 5.80. The zero-order chi connectivity index (χ0) is 17.6. The summed E-state index contributed by atoms with van der Waals surface area (Å²) in [5.74, 6) is 0.565. The van der Waals surface area contributed by atoms with Crippen molar-refractivity contribution >= 4 is 35.1 Å². The van der Waals surface area contributed by atoms with E-state index in [9.17, 15) is 9.59 Å². The van der Waals surface area contributed by atoms with Crippen LogP contribution in [-0.2, 0) is 9.53 Å². The number of carbonyl (C=O) groups excluding carboxylic acids is 2. The number of hydrogen-bond donors (Lipinski definition) is 1. The van der Waals surface area contributed by atoms with Crippen LogP contribution in [0.15, 0.2) is 24.5 Å². The monoisotopic (exact) mass is 375 g/mol. The molecule has 134 valence electrons. The first-order valence-electron chi connectivity index (χ1n) is 7.85. The number of pyridine rings is 1. The molecule has 0 unspecified atom stereocenters. The highest BCUT2D eigenvalue weighted by Gasteiger charge is 2.08. The Hall–Kier alpha value is -1.37. The van der Waals surface area contributed by atoms with Crippen LogP contribution in [0.3, 0.4) is 0 Å². The maximum Gasteiger partial charge on any atom is 0.305 e. The van der Waals surface area contributed by atoms with E-state index in [4.69, 9.17) is 27.9 Å². The molecule has 0 saturated carbocycles. The van der Waals surface area contributed by atoms with Gasteiger partial charge in [0.05, 0.1) is 12.1 Å². The SMILES string of the molecule is O=C(CCCN(CCCl)CCCl)OCCNC(=O)c1cccnc1. The fourth-order valence-electron chi connectivity index (χ4n) is 2.02. The molecule has 0 aliphatic heterocycles. The number of nitrogens with one attached hydrogen (secondary N) is 1. The van der Waals surface area contributed by atoms with Gasteiger partial charge >= 0.3 is 5.97 Å². The minimum atomic E-state index is -0.276. The third kappa shape index (κ3) is 9.05. The van der Waals surface area contributed by atoms with Crippen LogP contribution in [0.4, 0.5) is 0 Å². The molecule has 0 saturated heterocycles. The van der Waals surface area contributed by atoms with Gasteiger partial charge in [0.25, 0.3) is 5.91 Å². The van der Waals surface area contributed by atoms with Gasteiger partial charge in [0.1, 0.15) is 6.61 Å². The Morgan fingerprint density at radius 3 is 2.58 bits per heavy atom. The fourth-order valence-corrected chi connectivity index (χ4v) is 2.50. The molecule has 1 heterocycles. The number of carbonyl (C=O) groups is 2. The second kappa shape index (κ2) is 13.0. The summed E-state index contributed by atoms with van der Waals surface area (Å²) in [5.41, 5.74) is 0.475. The van der Waals surface area contributed by atoms with Crippen LogP contribution >= 0.6 is 23.2 Å². The molecular formula is C16H23Cl2N3O3. The van der Waals surface area contributed by atoms with E-state index in [1.54, 1.807) is 18.3 Å². The lowest BCUT2D eigenvalue weighted by molar-refractivity contribution is -0.143. The fraction of sp³-hybridized carbons (Fsp3) is 0.562. The molecule has 0 aliphatic rings. The Bertz CT molecular complexity index is 483. The number of rotatable bonds is 12. The number of halogens is 2. The van der Waals surface area contributed by atoms with Gasteiger partial charge in [-0.3, -0.25) is 14.6 Å². The smallest absolute Gasteiger partial charge is 0.305 e. The zero-order valence-corrected chi connectivity index (χ0v) is 15.1. The Labute approximate surface area is 152 Å². The summed E-state index contributed by atoms with van der Waals surface area (Å²) in [6.45, 7) is 2.68. The van der Waals surface area contributed by atoms with Gasteiger partial charge in [0.15, 0.2) is 0 Å². The van der Waals surface area contributed by atoms with Crippen LogP contribution in [0, 0.1) is 0 Å². The molecular weight excluding hydrogens is 353 g/mol. The van der Waals surface area contributed by atoms with Crippen LogP contribution in [0.25, 0.3) is 0 Å². The molecule has 1 amide bonds. The van der Waals surface area contributed by atoms with Crippen LogP contribution in [0.2, 0.25) is 0 Å². The van der Waals surface area contributed by atoms with Gasteiger partial charge in [-0.25, -0.2) is 0 Å². The normalized spacial score (nSPS) is 10.6. The zero-order valence-electron chi connectivity index (χ0n) is 13.5. The third-order valence-electron chi connectivity index (χ3n) is 3.23. The van der Waals surface area contributed by atoms with Gasteiger partial charge in [-0.15, -0.1) is 23.2 Å². The maximum atomic E-state index is 11.7. The Balaban J connectivity index is 2.10. The predicted molar refractivity (Wildman–Crippen MR) is 94.6 cm³/mol. The van der Waals surface area contributed by atoms with E-state index < -0.39 is 0 Å². The highest BCUT2D eigenvalue weighted by atomic mass is 35.5. The number of nitrogens with zero attached hydrogens (tertiary/aromatic N) is 2. The van der Waals surface area contributed by atoms with Crippen LogP contribution < -0.4 is 5.32 Å². The lowest BCUT2D eigenvalue weighted by Crippen LogP contribution is -2.30. The molecule has 0 aromatic carbocycles. The molecule has 0 spiro atoms. The minimum absolute atomic E-state index is 0.151. The first kappa shape index (κ1) is 20.7. The van der Waals surface area contributed by atoms with Crippen molar-refractivity contribution in [3.05, 3.63) is 30.1 Å². The molecule has 1 N–H and O–H groups in total. The van der Waals surface area contributed by atoms with Gasteiger partial charge in [-0.05, 0) is 25.1 Å². The molecule has 0 bridgehead atoms. The van der Waals surface area contributed by atoms with Crippen molar-refractivity contribution in [2.24, 2.45) is 0 Å². The van der Waals surface area contributed by atoms with Gasteiger partial charge in [0.2, 0.25) is 0 Å². The van der Waals surface area contributed by atoms with Gasteiger partial charge in [0, 0.05) is 43.7 Å². The number of ether oxygens (including phenoxy) is 1. The largest absolute Gasteiger partial charge is 0.464 e. The topological polar surface area (TPSA) is 71.5 Å². The van der Waals surface area contributed by atoms with Crippen molar-refractivity contribution in [1.29, 1.82) is 0 Å². The van der Waals surface area contributed by atoms with Crippen molar-refractivity contribution in [2.75, 3.05) is 44.5 Å². The molecule has 1 aromatic rings. The highest BCUT2D eigenvalue weighted by molar-refractivity contribution is 6.18. The molecule has 8 heteroatoms. The molecule has 0 radical (unpaired) electrons. The van der Waals surface area contributed by atoms with Gasteiger partial charge < -0.3 is 15.0 Å². The second-order valence-electron chi connectivity index (χ2n) is 5.04. The Kier molecular flexibility index (Phi) is 11.2. The van der Waals surface area contributed by atoms with E-state index in [1.165, 1.54) is 6.20 Å². The Morgan fingerprint density at radius 1 is 1.21 bits per heavy atom. The maximum absolute atomic E-state index is 11.7. The van der Waals surface area contributed by atoms with Crippen molar-refractivity contribution in [2.45, 2.75) is 12.8 Å². The molecule has 1 aromatic heterocycles. The summed E-state index contributed by atoms with van der Waals surface area (Å²) in [6, 6.07) is 3.36. The van der Waals surface area contributed by atoms with E-state index in [2.05, 4.69) is 15.2 Å². The van der Waals surface area contributed by atoms with Crippen molar-refractivity contribution < 1.29 is 14.3 Å². The van der Waals surface area contributed by atoms with E-state index in [-0.39, 0.29) is 25.0 Å². The molecule has 24 heavy (non-hydrogen) atoms. The lowest BCUT2D eigenvalue weighted by atomic mass is 10.3. The molecule has 0 fully saturated rings. The average molecular weight is 376 g/mol. The number of hydrogen-bond acceptors (Lipinski definition) is 5. The van der Waals surface area contributed by atoms with Crippen molar-refractivity contribution in [3.8, 4) is 0 Å². The van der Waals surface area contributed by atoms with Gasteiger partial charge in [-0.2, -0.15) is 0 Å². The number of amides is 1. The van der Waals surface area contributed by atoms with Crippen LogP contribution in [-0.4, -0.2) is 66.3 Å². The van der Waals surface area contributed by atoms with Gasteiger partial charge in [-0.1, -0.05) is 0 Å². The first-order valence-corrected chi connectivity index (χ1v) is 8.92. The summed E-state index contributed by atoms with van der Waals surface area (Å²) < 4.78 is 5.09. The van der Waals surface area contributed by atoms with E-state index in [0.717, 1.165) is 19.6 Å². The van der Waals surface area contributed by atoms with E-state index >= 15 is 0 Å². The number of aromatic nitrogens is 1. The Morgan fingerprint density at radius 2 is 1.96 bits per heavy atom. The molecule has 1 rings (SSSR count). The summed E-state index contributed by atoms with van der Waals surface area (Å²) in [5, 5.41) is 2.67. The predicted octanol–water partition coefficient (Wildman–Crippen LogP) is 1.91. The van der Waals surface area contributed by atoms with Crippen LogP contribution in [0.5, 0.6) is 0 Å². The summed E-state index contributed by atoms with van der Waals surface area (Å²) in [6.07, 6.45) is 4.10. The first-order chi connectivity index (χ1) is 11.7. The van der Waals surface area contributed by atoms with Crippen molar-refractivity contribution in [3.63, 3.8) is 0 Å². The molecule has 6 nitrogen and oxygen atoms in total. The number of alkyl halides is 2. The lowest BCUT2D eigenvalue weighted by Gasteiger charge is -2.19. The van der Waals surface area contributed by atoms with E-state index in [1.807, 2.05) is 0 Å². The van der Waals surface area contributed by atoms with E-state index in [0.29, 0.717) is 30.2 Å². The standard InChI is InChI=1S/C16H23Cl2N3O3/c17-5-10-21(11-6-18)9-2-4-15(22)24-12-8-20-16(23)14-3-1-7-19-13-14/h1,3,7,13H,2,4-6,8-12H2,(H,20,23). The average Bonchev–Trinajstić information content (AvgIpc) is 2.59. The summed E-state index contributed by atoms with van der Waals surface area (Å²) >= 11 is 11.4. The minimum Gasteiger partial charge on any atom is -0.464 e. The van der Waals surface area contributed by atoms with Crippen molar-refractivity contribution in [1.82, 2.24) is 15.2 Å². The quantitative estimate of drug-likeness (QED) is 0.343.